The first-order chi connectivity index (χ1) is 6.71. The molecule has 0 unspecified atom stereocenters. The minimum Gasteiger partial charge on any atom is -0.145 e. The van der Waals surface area contributed by atoms with Crippen LogP contribution in [-0.2, 0) is 4.33 Å². The lowest BCUT2D eigenvalue weighted by molar-refractivity contribution is 1.07. The standard InChI is InChI=1S/C11H8Cl2S/c12-11(13,10-7-4-8-14-10)9-5-2-1-3-6-9/h1-8H. The second kappa shape index (κ2) is 3.93. The SMILES string of the molecule is ClC(Cl)(c1ccccc1)c1cccs1. The van der Waals surface area contributed by atoms with E-state index in [2.05, 4.69) is 0 Å². The molecule has 0 amide bonds. The van der Waals surface area contributed by atoms with E-state index in [-0.39, 0.29) is 0 Å². The molecule has 0 spiro atoms. The highest BCUT2D eigenvalue weighted by Gasteiger charge is 2.29. The summed E-state index contributed by atoms with van der Waals surface area (Å²) in [4.78, 5) is 0.951. The lowest BCUT2D eigenvalue weighted by Gasteiger charge is -2.17. The fourth-order valence-electron chi connectivity index (χ4n) is 1.25. The third kappa shape index (κ3) is 1.81. The van der Waals surface area contributed by atoms with Crippen LogP contribution in [0.4, 0.5) is 0 Å². The van der Waals surface area contributed by atoms with Crippen LogP contribution >= 0.6 is 34.5 Å². The van der Waals surface area contributed by atoms with Crippen molar-refractivity contribution in [1.82, 2.24) is 0 Å². The smallest absolute Gasteiger partial charge is 0.145 e. The van der Waals surface area contributed by atoms with Crippen LogP contribution in [0.25, 0.3) is 0 Å². The van der Waals surface area contributed by atoms with Crippen LogP contribution in [0, 0.1) is 0 Å². The molecule has 72 valence electrons. The van der Waals surface area contributed by atoms with Gasteiger partial charge in [0.1, 0.15) is 0 Å². The van der Waals surface area contributed by atoms with E-state index in [0.29, 0.717) is 0 Å². The zero-order chi connectivity index (χ0) is 10.0. The van der Waals surface area contributed by atoms with Crippen molar-refractivity contribution in [1.29, 1.82) is 0 Å². The average molecular weight is 243 g/mol. The first-order valence-corrected chi connectivity index (χ1v) is 5.82. The van der Waals surface area contributed by atoms with E-state index >= 15 is 0 Å². The van der Waals surface area contributed by atoms with Crippen LogP contribution < -0.4 is 0 Å². The van der Waals surface area contributed by atoms with Gasteiger partial charge in [-0.15, -0.1) is 11.3 Å². The van der Waals surface area contributed by atoms with E-state index in [0.717, 1.165) is 10.4 Å². The van der Waals surface area contributed by atoms with Gasteiger partial charge in [0.05, 0.1) is 0 Å². The average Bonchev–Trinajstić information content (AvgIpc) is 2.72. The molecule has 3 heteroatoms. The minimum atomic E-state index is -0.921. The van der Waals surface area contributed by atoms with Crippen LogP contribution in [0.15, 0.2) is 47.8 Å². The van der Waals surface area contributed by atoms with Crippen LogP contribution in [0.2, 0.25) is 0 Å². The molecule has 1 aromatic heterocycles. The van der Waals surface area contributed by atoms with Gasteiger partial charge >= 0.3 is 0 Å². The van der Waals surface area contributed by atoms with E-state index in [9.17, 15) is 0 Å². The number of hydrogen-bond donors (Lipinski definition) is 0. The predicted molar refractivity (Wildman–Crippen MR) is 63.2 cm³/mol. The Morgan fingerprint density at radius 1 is 0.929 bits per heavy atom. The van der Waals surface area contributed by atoms with Gasteiger partial charge < -0.3 is 0 Å². The third-order valence-electron chi connectivity index (χ3n) is 1.97. The van der Waals surface area contributed by atoms with Crippen molar-refractivity contribution >= 4 is 34.5 Å². The Labute approximate surface area is 97.1 Å². The van der Waals surface area contributed by atoms with Crippen molar-refractivity contribution in [2.24, 2.45) is 0 Å². The number of halogens is 2. The van der Waals surface area contributed by atoms with E-state index in [1.54, 1.807) is 11.3 Å². The van der Waals surface area contributed by atoms with E-state index in [1.165, 1.54) is 0 Å². The summed E-state index contributed by atoms with van der Waals surface area (Å²) >= 11 is 14.2. The lowest BCUT2D eigenvalue weighted by atomic mass is 10.1. The zero-order valence-electron chi connectivity index (χ0n) is 7.28. The highest BCUT2D eigenvalue weighted by atomic mass is 35.5. The maximum atomic E-state index is 6.30. The monoisotopic (exact) mass is 242 g/mol. The van der Waals surface area contributed by atoms with Crippen molar-refractivity contribution in [3.05, 3.63) is 58.3 Å². The molecule has 0 N–H and O–H groups in total. The van der Waals surface area contributed by atoms with Gasteiger partial charge in [-0.25, -0.2) is 0 Å². The van der Waals surface area contributed by atoms with E-state index in [4.69, 9.17) is 23.2 Å². The normalized spacial score (nSPS) is 11.6. The summed E-state index contributed by atoms with van der Waals surface area (Å²) in [6.07, 6.45) is 0. The molecule has 0 aliphatic carbocycles. The number of thiophene rings is 1. The van der Waals surface area contributed by atoms with Crippen LogP contribution in [0.5, 0.6) is 0 Å². The third-order valence-corrected chi connectivity index (χ3v) is 4.02. The van der Waals surface area contributed by atoms with Gasteiger partial charge in [0.15, 0.2) is 4.33 Å². The quantitative estimate of drug-likeness (QED) is 0.684. The molecule has 0 aliphatic heterocycles. The molecule has 0 nitrogen and oxygen atoms in total. The Hall–Kier alpha value is -0.500. The topological polar surface area (TPSA) is 0 Å². The molecule has 0 saturated heterocycles. The summed E-state index contributed by atoms with van der Waals surface area (Å²) < 4.78 is -0.921. The summed E-state index contributed by atoms with van der Waals surface area (Å²) in [6, 6.07) is 13.6. The lowest BCUT2D eigenvalue weighted by Crippen LogP contribution is -2.09. The number of alkyl halides is 2. The van der Waals surface area contributed by atoms with Crippen molar-refractivity contribution in [3.8, 4) is 0 Å². The molecule has 1 heterocycles. The summed E-state index contributed by atoms with van der Waals surface area (Å²) in [6.45, 7) is 0. The Morgan fingerprint density at radius 3 is 2.21 bits per heavy atom. The van der Waals surface area contributed by atoms with E-state index < -0.39 is 4.33 Å². The summed E-state index contributed by atoms with van der Waals surface area (Å²) in [7, 11) is 0. The van der Waals surface area contributed by atoms with Crippen LogP contribution in [0.1, 0.15) is 10.4 Å². The highest BCUT2D eigenvalue weighted by Crippen LogP contribution is 2.42. The van der Waals surface area contributed by atoms with Crippen molar-refractivity contribution < 1.29 is 0 Å². The molecule has 0 saturated carbocycles. The van der Waals surface area contributed by atoms with Gasteiger partial charge in [0, 0.05) is 4.88 Å². The molecule has 14 heavy (non-hydrogen) atoms. The van der Waals surface area contributed by atoms with Gasteiger partial charge in [-0.05, 0) is 17.0 Å². The molecule has 0 aliphatic rings. The maximum Gasteiger partial charge on any atom is 0.177 e. The fourth-order valence-corrected chi connectivity index (χ4v) is 2.62. The van der Waals surface area contributed by atoms with Gasteiger partial charge in [0.25, 0.3) is 0 Å². The Kier molecular flexibility index (Phi) is 2.82. The number of rotatable bonds is 2. The molecular weight excluding hydrogens is 235 g/mol. The van der Waals surface area contributed by atoms with Crippen LogP contribution in [0.3, 0.4) is 0 Å². The first kappa shape index (κ1) is 10.0. The molecular formula is C11H8Cl2S. The second-order valence-electron chi connectivity index (χ2n) is 2.92. The zero-order valence-corrected chi connectivity index (χ0v) is 9.61. The summed E-state index contributed by atoms with van der Waals surface area (Å²) in [5.74, 6) is 0. The molecule has 2 aromatic rings. The molecule has 0 atom stereocenters. The minimum absolute atomic E-state index is 0.908. The molecule has 0 fully saturated rings. The van der Waals surface area contributed by atoms with E-state index in [1.807, 2.05) is 47.8 Å². The Bertz CT molecular complexity index is 392. The molecule has 2 rings (SSSR count). The number of benzene rings is 1. The first-order valence-electron chi connectivity index (χ1n) is 4.18. The summed E-state index contributed by atoms with van der Waals surface area (Å²) in [5.41, 5.74) is 0.908. The van der Waals surface area contributed by atoms with Gasteiger partial charge in [-0.3, -0.25) is 0 Å². The highest BCUT2D eigenvalue weighted by molar-refractivity contribution is 7.10. The fraction of sp³-hybridized carbons (Fsp3) is 0.0909. The van der Waals surface area contributed by atoms with Gasteiger partial charge in [0.2, 0.25) is 0 Å². The predicted octanol–water partition coefficient (Wildman–Crippen LogP) is 4.43. The second-order valence-corrected chi connectivity index (χ2v) is 5.19. The van der Waals surface area contributed by atoms with Gasteiger partial charge in [-0.2, -0.15) is 0 Å². The maximum absolute atomic E-state index is 6.30. The molecule has 0 bridgehead atoms. The van der Waals surface area contributed by atoms with Crippen molar-refractivity contribution in [3.63, 3.8) is 0 Å². The van der Waals surface area contributed by atoms with Crippen molar-refractivity contribution in [2.75, 3.05) is 0 Å². The molecule has 0 radical (unpaired) electrons. The largest absolute Gasteiger partial charge is 0.177 e. The van der Waals surface area contributed by atoms with Gasteiger partial charge in [-0.1, -0.05) is 59.6 Å². The Morgan fingerprint density at radius 2 is 1.64 bits per heavy atom. The Balaban J connectivity index is 2.43. The van der Waals surface area contributed by atoms with Crippen LogP contribution in [-0.4, -0.2) is 0 Å². The van der Waals surface area contributed by atoms with Crippen molar-refractivity contribution in [2.45, 2.75) is 4.33 Å². The number of hydrogen-bond acceptors (Lipinski definition) is 1. The molecule has 1 aromatic carbocycles. The summed E-state index contributed by atoms with van der Waals surface area (Å²) in [5, 5.41) is 1.97.